The van der Waals surface area contributed by atoms with Crippen molar-refractivity contribution in [2.45, 2.75) is 12.8 Å². The number of phenolic OH excluding ortho intramolecular Hbond substituents is 1. The van der Waals surface area contributed by atoms with Gasteiger partial charge in [0.2, 0.25) is 0 Å². The van der Waals surface area contributed by atoms with Crippen molar-refractivity contribution in [1.82, 2.24) is 10.2 Å². The molecule has 8 heteroatoms. The van der Waals surface area contributed by atoms with Crippen molar-refractivity contribution in [2.75, 3.05) is 0 Å². The number of hydrogen-bond acceptors (Lipinski definition) is 3. The van der Waals surface area contributed by atoms with Crippen LogP contribution in [0.2, 0.25) is 5.02 Å². The number of ether oxygens (including phenoxy) is 1. The van der Waals surface area contributed by atoms with Crippen molar-refractivity contribution < 1.29 is 23.0 Å². The second-order valence-electron chi connectivity index (χ2n) is 5.26. The summed E-state index contributed by atoms with van der Waals surface area (Å²) in [5, 5.41) is 16.0. The molecule has 0 saturated carbocycles. The lowest BCUT2D eigenvalue weighted by Gasteiger charge is -2.09. The Kier molecular flexibility index (Phi) is 4.59. The molecule has 1 aromatic heterocycles. The van der Waals surface area contributed by atoms with Crippen LogP contribution in [0.3, 0.4) is 0 Å². The number of rotatable bonds is 4. The quantitative estimate of drug-likeness (QED) is 0.678. The number of hydrogen-bond donors (Lipinski definition) is 2. The molecule has 130 valence electrons. The van der Waals surface area contributed by atoms with Crippen LogP contribution in [0.5, 0.6) is 11.5 Å². The monoisotopic (exact) mass is 368 g/mol. The Labute approximate surface area is 145 Å². The molecule has 3 aromatic rings. The Balaban J connectivity index is 1.80. The van der Waals surface area contributed by atoms with Crippen molar-refractivity contribution >= 4 is 11.6 Å². The summed E-state index contributed by atoms with van der Waals surface area (Å²) in [5.74, 6) is 0.193. The number of phenols is 1. The second-order valence-corrected chi connectivity index (χ2v) is 5.70. The number of alkyl halides is 3. The van der Waals surface area contributed by atoms with Crippen LogP contribution in [-0.4, -0.2) is 15.3 Å². The topological polar surface area (TPSA) is 58.1 Å². The molecule has 0 bridgehead atoms. The van der Waals surface area contributed by atoms with Crippen LogP contribution >= 0.6 is 11.6 Å². The highest BCUT2D eigenvalue weighted by Gasteiger charge is 2.33. The lowest BCUT2D eigenvalue weighted by molar-refractivity contribution is -0.141. The SMILES string of the molecule is Oc1ccc(OCc2ccc(Cl)cc2)cc1-c1cc(C(F)(F)F)[nH]n1. The van der Waals surface area contributed by atoms with Gasteiger partial charge < -0.3 is 9.84 Å². The Morgan fingerprint density at radius 1 is 1.08 bits per heavy atom. The van der Waals surface area contributed by atoms with Crippen molar-refractivity contribution in [3.8, 4) is 22.8 Å². The van der Waals surface area contributed by atoms with Gasteiger partial charge in [-0.3, -0.25) is 5.10 Å². The van der Waals surface area contributed by atoms with Crippen LogP contribution in [0, 0.1) is 0 Å². The van der Waals surface area contributed by atoms with E-state index >= 15 is 0 Å². The van der Waals surface area contributed by atoms with Crippen molar-refractivity contribution in [1.29, 1.82) is 0 Å². The first-order chi connectivity index (χ1) is 11.8. The first kappa shape index (κ1) is 17.2. The first-order valence-corrected chi connectivity index (χ1v) is 7.54. The van der Waals surface area contributed by atoms with Gasteiger partial charge in [0.1, 0.15) is 23.8 Å². The lowest BCUT2D eigenvalue weighted by Crippen LogP contribution is -2.04. The molecule has 2 N–H and O–H groups in total. The van der Waals surface area contributed by atoms with Crippen molar-refractivity contribution in [3.05, 3.63) is 64.8 Å². The van der Waals surface area contributed by atoms with Gasteiger partial charge in [-0.1, -0.05) is 23.7 Å². The van der Waals surface area contributed by atoms with Gasteiger partial charge in [-0.2, -0.15) is 18.3 Å². The third-order valence-corrected chi connectivity index (χ3v) is 3.70. The van der Waals surface area contributed by atoms with E-state index in [9.17, 15) is 18.3 Å². The Bertz CT molecular complexity index is 876. The van der Waals surface area contributed by atoms with Crippen molar-refractivity contribution in [2.24, 2.45) is 0 Å². The normalized spacial score (nSPS) is 11.5. The van der Waals surface area contributed by atoms with Crippen LogP contribution in [0.25, 0.3) is 11.3 Å². The summed E-state index contributed by atoms with van der Waals surface area (Å²) < 4.78 is 43.6. The van der Waals surface area contributed by atoms with E-state index in [-0.39, 0.29) is 23.6 Å². The molecule has 3 rings (SSSR count). The Morgan fingerprint density at radius 2 is 1.80 bits per heavy atom. The van der Waals surface area contributed by atoms with Gasteiger partial charge in [-0.15, -0.1) is 0 Å². The van der Waals surface area contributed by atoms with Crippen LogP contribution < -0.4 is 4.74 Å². The summed E-state index contributed by atoms with van der Waals surface area (Å²) in [4.78, 5) is 0. The van der Waals surface area contributed by atoms with E-state index < -0.39 is 11.9 Å². The zero-order chi connectivity index (χ0) is 18.0. The minimum Gasteiger partial charge on any atom is -0.507 e. The van der Waals surface area contributed by atoms with E-state index in [4.69, 9.17) is 16.3 Å². The highest BCUT2D eigenvalue weighted by atomic mass is 35.5. The number of nitrogens with one attached hydrogen (secondary N) is 1. The van der Waals surface area contributed by atoms with E-state index in [1.165, 1.54) is 18.2 Å². The molecule has 0 spiro atoms. The highest BCUT2D eigenvalue weighted by Crippen LogP contribution is 2.35. The minimum atomic E-state index is -4.54. The van der Waals surface area contributed by atoms with Crippen LogP contribution in [0.4, 0.5) is 13.2 Å². The van der Waals surface area contributed by atoms with Gasteiger partial charge >= 0.3 is 6.18 Å². The molecule has 0 radical (unpaired) electrons. The Hall–Kier alpha value is -2.67. The number of aromatic nitrogens is 2. The summed E-state index contributed by atoms with van der Waals surface area (Å²) in [6, 6.07) is 12.2. The summed E-state index contributed by atoms with van der Waals surface area (Å²) in [5.41, 5.74) is -0.00494. The zero-order valence-electron chi connectivity index (χ0n) is 12.6. The van der Waals surface area contributed by atoms with Crippen molar-refractivity contribution in [3.63, 3.8) is 0 Å². The van der Waals surface area contributed by atoms with Gasteiger partial charge in [0.25, 0.3) is 0 Å². The summed E-state index contributed by atoms with van der Waals surface area (Å²) in [7, 11) is 0. The molecule has 0 amide bonds. The summed E-state index contributed by atoms with van der Waals surface area (Å²) in [6.45, 7) is 0.246. The average Bonchev–Trinajstić information content (AvgIpc) is 3.06. The van der Waals surface area contributed by atoms with E-state index in [1.807, 2.05) is 5.10 Å². The third-order valence-electron chi connectivity index (χ3n) is 3.45. The van der Waals surface area contributed by atoms with Crippen LogP contribution in [0.15, 0.2) is 48.5 Å². The Morgan fingerprint density at radius 3 is 2.44 bits per heavy atom. The fourth-order valence-corrected chi connectivity index (χ4v) is 2.29. The number of nitrogens with zero attached hydrogens (tertiary/aromatic N) is 1. The zero-order valence-corrected chi connectivity index (χ0v) is 13.4. The van der Waals surface area contributed by atoms with E-state index in [0.717, 1.165) is 11.6 Å². The van der Waals surface area contributed by atoms with E-state index in [0.29, 0.717) is 10.8 Å². The fourth-order valence-electron chi connectivity index (χ4n) is 2.16. The third kappa shape index (κ3) is 4.06. The van der Waals surface area contributed by atoms with Gasteiger partial charge in [-0.05, 0) is 42.0 Å². The molecule has 1 heterocycles. The van der Waals surface area contributed by atoms with Gasteiger partial charge in [0.05, 0.1) is 5.69 Å². The number of H-pyrrole nitrogens is 1. The molecule has 0 fully saturated rings. The average molecular weight is 369 g/mol. The molecule has 0 atom stereocenters. The predicted molar refractivity (Wildman–Crippen MR) is 86.5 cm³/mol. The van der Waals surface area contributed by atoms with Crippen LogP contribution in [0.1, 0.15) is 11.3 Å². The maximum atomic E-state index is 12.7. The molecule has 0 aliphatic carbocycles. The maximum Gasteiger partial charge on any atom is 0.432 e. The maximum absolute atomic E-state index is 12.7. The largest absolute Gasteiger partial charge is 0.507 e. The molecular formula is C17H12ClF3N2O2. The lowest BCUT2D eigenvalue weighted by atomic mass is 10.1. The van der Waals surface area contributed by atoms with Gasteiger partial charge in [0, 0.05) is 10.6 Å². The standard InChI is InChI=1S/C17H12ClF3N2O2/c18-11-3-1-10(2-4-11)9-25-12-5-6-15(24)13(7-12)14-8-16(23-22-14)17(19,20)21/h1-8,24H,9H2,(H,22,23). The minimum absolute atomic E-state index is 0.0261. The molecule has 2 aromatic carbocycles. The number of benzene rings is 2. The molecule has 0 saturated heterocycles. The summed E-state index contributed by atoms with van der Waals surface area (Å²) in [6.07, 6.45) is -4.54. The van der Waals surface area contributed by atoms with E-state index in [1.54, 1.807) is 24.3 Å². The predicted octanol–water partition coefficient (Wildman–Crippen LogP) is 5.03. The molecule has 4 nitrogen and oxygen atoms in total. The molecule has 0 aliphatic heterocycles. The molecule has 25 heavy (non-hydrogen) atoms. The van der Waals surface area contributed by atoms with Crippen LogP contribution in [-0.2, 0) is 12.8 Å². The number of aromatic amines is 1. The number of aromatic hydroxyl groups is 1. The number of halogens is 4. The molecule has 0 unspecified atom stereocenters. The highest BCUT2D eigenvalue weighted by molar-refractivity contribution is 6.30. The molecular weight excluding hydrogens is 357 g/mol. The summed E-state index contributed by atoms with van der Waals surface area (Å²) >= 11 is 5.81. The van der Waals surface area contributed by atoms with Gasteiger partial charge in [0.15, 0.2) is 0 Å². The first-order valence-electron chi connectivity index (χ1n) is 7.16. The second kappa shape index (κ2) is 6.68. The van der Waals surface area contributed by atoms with E-state index in [2.05, 4.69) is 5.10 Å². The molecule has 0 aliphatic rings. The van der Waals surface area contributed by atoms with Gasteiger partial charge in [-0.25, -0.2) is 0 Å². The fraction of sp³-hybridized carbons (Fsp3) is 0.118. The smallest absolute Gasteiger partial charge is 0.432 e.